The van der Waals surface area contributed by atoms with Crippen LogP contribution in [0.3, 0.4) is 0 Å². The van der Waals surface area contributed by atoms with Crippen LogP contribution >= 0.6 is 11.8 Å². The fourth-order valence-electron chi connectivity index (χ4n) is 2.11. The third-order valence-corrected chi connectivity index (χ3v) is 4.27. The van der Waals surface area contributed by atoms with Crippen LogP contribution in [0, 0.1) is 0 Å². The lowest BCUT2D eigenvalue weighted by atomic mass is 10.4. The number of hydrogen-bond acceptors (Lipinski definition) is 5. The van der Waals surface area contributed by atoms with Crippen molar-refractivity contribution in [3.8, 4) is 0 Å². The van der Waals surface area contributed by atoms with E-state index in [1.807, 2.05) is 6.92 Å². The number of thioether (sulfide) groups is 1. The number of carbonyl (C=O) groups is 1. The molecular formula is C12H17N3O4S. The van der Waals surface area contributed by atoms with E-state index in [2.05, 4.69) is 5.32 Å². The van der Waals surface area contributed by atoms with E-state index in [0.717, 1.165) is 18.2 Å². The topological polar surface area (TPSA) is 82.3 Å². The summed E-state index contributed by atoms with van der Waals surface area (Å²) in [5, 5.41) is 2.61. The van der Waals surface area contributed by atoms with Crippen LogP contribution in [-0.4, -0.2) is 27.6 Å². The number of nitrogens with zero attached hydrogens (tertiary/aromatic N) is 2. The van der Waals surface area contributed by atoms with Crippen LogP contribution in [0.25, 0.3) is 0 Å². The zero-order valence-corrected chi connectivity index (χ0v) is 12.5. The molecule has 1 amide bonds. The van der Waals surface area contributed by atoms with Crippen molar-refractivity contribution < 1.29 is 9.53 Å². The molecule has 20 heavy (non-hydrogen) atoms. The molecule has 0 aromatic carbocycles. The molecule has 1 aliphatic rings. The Morgan fingerprint density at radius 3 is 2.50 bits per heavy atom. The van der Waals surface area contributed by atoms with Gasteiger partial charge in [0.2, 0.25) is 0 Å². The van der Waals surface area contributed by atoms with Gasteiger partial charge in [-0.2, -0.15) is 0 Å². The highest BCUT2D eigenvalue weighted by molar-refractivity contribution is 8.00. The average Bonchev–Trinajstić information content (AvgIpc) is 2.43. The first kappa shape index (κ1) is 14.9. The molecule has 0 bridgehead atoms. The Bertz CT molecular complexity index is 649. The molecule has 8 heteroatoms. The molecular weight excluding hydrogens is 282 g/mol. The van der Waals surface area contributed by atoms with Gasteiger partial charge in [0, 0.05) is 20.2 Å². The Kier molecular flexibility index (Phi) is 4.34. The second-order valence-electron chi connectivity index (χ2n) is 4.34. The molecule has 2 heterocycles. The van der Waals surface area contributed by atoms with Gasteiger partial charge in [-0.05, 0) is 13.3 Å². The zero-order chi connectivity index (χ0) is 14.9. The smallest absolute Gasteiger partial charge is 0.332 e. The molecule has 0 unspecified atom stereocenters. The molecule has 1 atom stereocenters. The van der Waals surface area contributed by atoms with Crippen LogP contribution in [0.1, 0.15) is 20.3 Å². The number of amides is 1. The van der Waals surface area contributed by atoms with Gasteiger partial charge in [0.15, 0.2) is 5.44 Å². The van der Waals surface area contributed by atoms with E-state index in [0.29, 0.717) is 18.0 Å². The monoisotopic (exact) mass is 299 g/mol. The Hall–Kier alpha value is -1.54. The highest BCUT2D eigenvalue weighted by atomic mass is 32.2. The highest BCUT2D eigenvalue weighted by Gasteiger charge is 2.32. The maximum Gasteiger partial charge on any atom is 0.332 e. The Labute approximate surface area is 119 Å². The van der Waals surface area contributed by atoms with Crippen molar-refractivity contribution in [1.29, 1.82) is 0 Å². The number of anilines is 1. The number of hydrogen-bond donors (Lipinski definition) is 1. The summed E-state index contributed by atoms with van der Waals surface area (Å²) < 4.78 is 7.65. The number of carbonyl (C=O) groups excluding carboxylic acids is 1. The number of ether oxygens (including phenoxy) is 1. The normalized spacial score (nSPS) is 17.8. The first-order valence-corrected chi connectivity index (χ1v) is 7.31. The second kappa shape index (κ2) is 5.84. The largest absolute Gasteiger partial charge is 0.360 e. The lowest BCUT2D eigenvalue weighted by Crippen LogP contribution is -2.45. The van der Waals surface area contributed by atoms with Crippen molar-refractivity contribution in [3.05, 3.63) is 20.8 Å². The van der Waals surface area contributed by atoms with E-state index in [1.165, 1.54) is 16.2 Å². The molecule has 1 aliphatic heterocycles. The van der Waals surface area contributed by atoms with Crippen LogP contribution in [0.4, 0.5) is 5.82 Å². The van der Waals surface area contributed by atoms with Crippen LogP contribution < -0.4 is 16.6 Å². The van der Waals surface area contributed by atoms with Gasteiger partial charge >= 0.3 is 5.69 Å². The molecule has 1 aromatic rings. The van der Waals surface area contributed by atoms with Gasteiger partial charge in [-0.25, -0.2) is 4.79 Å². The number of nitrogens with one attached hydrogen (secondary N) is 1. The summed E-state index contributed by atoms with van der Waals surface area (Å²) in [4.78, 5) is 36.8. The van der Waals surface area contributed by atoms with Gasteiger partial charge in [0.1, 0.15) is 10.7 Å². The summed E-state index contributed by atoms with van der Waals surface area (Å²) >= 11 is 1.04. The maximum atomic E-state index is 12.3. The first-order chi connectivity index (χ1) is 9.54. The van der Waals surface area contributed by atoms with Gasteiger partial charge in [-0.15, -0.1) is 0 Å². The number of fused-ring (bicyclic) bond motifs is 1. The number of rotatable bonds is 4. The van der Waals surface area contributed by atoms with E-state index < -0.39 is 11.1 Å². The van der Waals surface area contributed by atoms with E-state index in [4.69, 9.17) is 4.74 Å². The molecule has 2 rings (SSSR count). The fraction of sp³-hybridized carbons (Fsp3) is 0.583. The third-order valence-electron chi connectivity index (χ3n) is 3.04. The number of methoxy groups -OCH3 is 1. The standard InChI is InChI=1S/C12H17N3O4S/c1-4-6-15-8-7(10(17)14(5-2)12(15)18)20-11(19-3)9(16)13-8/h11H,4-6H2,1-3H3,(H,13,16)/t11-/m1/s1. The van der Waals surface area contributed by atoms with E-state index in [9.17, 15) is 14.4 Å². The Balaban J connectivity index is 2.71. The van der Waals surface area contributed by atoms with Crippen LogP contribution in [-0.2, 0) is 22.6 Å². The molecule has 1 aromatic heterocycles. The summed E-state index contributed by atoms with van der Waals surface area (Å²) in [6.07, 6.45) is 0.725. The molecule has 0 saturated heterocycles. The van der Waals surface area contributed by atoms with E-state index in [-0.39, 0.29) is 17.3 Å². The first-order valence-electron chi connectivity index (χ1n) is 6.43. The van der Waals surface area contributed by atoms with E-state index in [1.54, 1.807) is 6.92 Å². The molecule has 1 N–H and O–H groups in total. The maximum absolute atomic E-state index is 12.3. The van der Waals surface area contributed by atoms with Gasteiger partial charge in [-0.1, -0.05) is 18.7 Å². The predicted octanol–water partition coefficient (Wildman–Crippen LogP) is 0.457. The zero-order valence-electron chi connectivity index (χ0n) is 11.6. The molecule has 0 fully saturated rings. The minimum atomic E-state index is -0.770. The van der Waals surface area contributed by atoms with Crippen LogP contribution in [0.2, 0.25) is 0 Å². The lowest BCUT2D eigenvalue weighted by Gasteiger charge is -2.25. The highest BCUT2D eigenvalue weighted by Crippen LogP contribution is 2.32. The number of aromatic nitrogens is 2. The van der Waals surface area contributed by atoms with Gasteiger partial charge in [-0.3, -0.25) is 18.7 Å². The van der Waals surface area contributed by atoms with Gasteiger partial charge in [0.05, 0.1) is 0 Å². The van der Waals surface area contributed by atoms with Crippen molar-refractivity contribution in [3.63, 3.8) is 0 Å². The van der Waals surface area contributed by atoms with Crippen molar-refractivity contribution >= 4 is 23.5 Å². The summed E-state index contributed by atoms with van der Waals surface area (Å²) in [6, 6.07) is 0. The summed E-state index contributed by atoms with van der Waals surface area (Å²) in [7, 11) is 1.41. The molecule has 7 nitrogen and oxygen atoms in total. The summed E-state index contributed by atoms with van der Waals surface area (Å²) in [5.74, 6) is -0.0715. The van der Waals surface area contributed by atoms with Crippen molar-refractivity contribution in [2.75, 3.05) is 12.4 Å². The van der Waals surface area contributed by atoms with Crippen LogP contribution in [0.5, 0.6) is 0 Å². The summed E-state index contributed by atoms with van der Waals surface area (Å²) in [5.41, 5.74) is -1.55. The molecule has 0 aliphatic carbocycles. The van der Waals surface area contributed by atoms with Gasteiger partial charge < -0.3 is 10.1 Å². The second-order valence-corrected chi connectivity index (χ2v) is 5.41. The summed E-state index contributed by atoms with van der Waals surface area (Å²) in [6.45, 7) is 4.40. The minimum absolute atomic E-state index is 0.287. The molecule has 110 valence electrons. The SMILES string of the molecule is CCCn1c2c(c(=O)n(CC)c1=O)S[C@@H](OC)C(=O)N2. The molecule has 0 saturated carbocycles. The van der Waals surface area contributed by atoms with E-state index >= 15 is 0 Å². The molecule has 0 radical (unpaired) electrons. The van der Waals surface area contributed by atoms with Gasteiger partial charge in [0.25, 0.3) is 11.5 Å². The minimum Gasteiger partial charge on any atom is -0.360 e. The third kappa shape index (κ3) is 2.29. The van der Waals surface area contributed by atoms with Crippen molar-refractivity contribution in [2.45, 2.75) is 43.7 Å². The van der Waals surface area contributed by atoms with Crippen molar-refractivity contribution in [2.24, 2.45) is 0 Å². The average molecular weight is 299 g/mol. The quantitative estimate of drug-likeness (QED) is 0.873. The Morgan fingerprint density at radius 1 is 1.25 bits per heavy atom. The fourth-order valence-corrected chi connectivity index (χ4v) is 3.07. The van der Waals surface area contributed by atoms with Crippen LogP contribution in [0.15, 0.2) is 14.5 Å². The van der Waals surface area contributed by atoms with Crippen molar-refractivity contribution in [1.82, 2.24) is 9.13 Å². The lowest BCUT2D eigenvalue weighted by molar-refractivity contribution is -0.121. The predicted molar refractivity (Wildman–Crippen MR) is 76.2 cm³/mol. The Morgan fingerprint density at radius 2 is 1.95 bits per heavy atom. The molecule has 0 spiro atoms.